The first-order valence-electron chi connectivity index (χ1n) is 10.9. The summed E-state index contributed by atoms with van der Waals surface area (Å²) in [4.78, 5) is 30.5. The predicted molar refractivity (Wildman–Crippen MR) is 116 cm³/mol. The van der Waals surface area contributed by atoms with Gasteiger partial charge < -0.3 is 15.0 Å². The van der Waals surface area contributed by atoms with E-state index in [1.165, 1.54) is 10.3 Å². The van der Waals surface area contributed by atoms with E-state index >= 15 is 0 Å². The Hall–Kier alpha value is -2.83. The number of aromatic nitrogens is 1. The molecular formula is C22H23F6N3O3S. The van der Waals surface area contributed by atoms with Gasteiger partial charge in [0, 0.05) is 17.1 Å². The molecular weight excluding hydrogens is 500 g/mol. The molecule has 0 atom stereocenters. The van der Waals surface area contributed by atoms with Crippen molar-refractivity contribution in [1.82, 2.24) is 9.88 Å². The normalized spacial score (nSPS) is 15.1. The van der Waals surface area contributed by atoms with Crippen LogP contribution in [0.25, 0.3) is 0 Å². The molecule has 0 radical (unpaired) electrons. The van der Waals surface area contributed by atoms with Crippen molar-refractivity contribution in [2.75, 3.05) is 11.9 Å². The van der Waals surface area contributed by atoms with Crippen LogP contribution >= 0.6 is 11.3 Å². The molecule has 0 spiro atoms. The molecule has 2 amide bonds. The van der Waals surface area contributed by atoms with Gasteiger partial charge in [0.25, 0.3) is 0 Å². The number of amides is 2. The van der Waals surface area contributed by atoms with E-state index in [1.54, 1.807) is 6.92 Å². The number of carbonyl (C=O) groups is 2. The topological polar surface area (TPSA) is 71.5 Å². The molecule has 1 heterocycles. The minimum atomic E-state index is -5.03. The van der Waals surface area contributed by atoms with E-state index in [0.29, 0.717) is 30.0 Å². The first-order chi connectivity index (χ1) is 16.4. The molecule has 1 fully saturated rings. The first-order valence-corrected chi connectivity index (χ1v) is 11.7. The number of hydrogen-bond donors (Lipinski definition) is 1. The van der Waals surface area contributed by atoms with Gasteiger partial charge in [0.05, 0.1) is 24.3 Å². The zero-order valence-electron chi connectivity index (χ0n) is 18.6. The van der Waals surface area contributed by atoms with Gasteiger partial charge in [-0.25, -0.2) is 14.6 Å². The Morgan fingerprint density at radius 1 is 1.06 bits per heavy atom. The average Bonchev–Trinajstić information content (AvgIpc) is 3.26. The summed E-state index contributed by atoms with van der Waals surface area (Å²) < 4.78 is 84.1. The SMILES string of the molecule is CCOC(=O)c1csc(CN(C(=O)Nc2cc(C(F)(F)F)cc(C(F)(F)F)c2)C2CCCCC2)n1. The van der Waals surface area contributed by atoms with E-state index in [0.717, 1.165) is 30.6 Å². The molecule has 1 aliphatic carbocycles. The summed E-state index contributed by atoms with van der Waals surface area (Å²) in [5.41, 5.74) is -3.61. The van der Waals surface area contributed by atoms with Gasteiger partial charge in [-0.15, -0.1) is 11.3 Å². The van der Waals surface area contributed by atoms with E-state index in [2.05, 4.69) is 10.3 Å². The summed E-state index contributed by atoms with van der Waals surface area (Å²) in [6, 6.07) is -0.201. The number of carbonyl (C=O) groups excluding carboxylic acids is 2. The third kappa shape index (κ3) is 7.09. The Balaban J connectivity index is 1.88. The Bertz CT molecular complexity index is 1020. The van der Waals surface area contributed by atoms with Crippen molar-refractivity contribution in [2.24, 2.45) is 0 Å². The maximum Gasteiger partial charge on any atom is 0.416 e. The number of esters is 1. The first kappa shape index (κ1) is 26.8. The van der Waals surface area contributed by atoms with Crippen LogP contribution in [0.1, 0.15) is 65.7 Å². The predicted octanol–water partition coefficient (Wildman–Crippen LogP) is 6.72. The van der Waals surface area contributed by atoms with Gasteiger partial charge in [-0.3, -0.25) is 0 Å². The van der Waals surface area contributed by atoms with Crippen molar-refractivity contribution in [3.05, 3.63) is 45.4 Å². The lowest BCUT2D eigenvalue weighted by atomic mass is 9.94. The Morgan fingerprint density at radius 2 is 1.66 bits per heavy atom. The number of urea groups is 1. The number of anilines is 1. The lowest BCUT2D eigenvalue weighted by Crippen LogP contribution is -2.43. The van der Waals surface area contributed by atoms with Crippen molar-refractivity contribution in [3.63, 3.8) is 0 Å². The van der Waals surface area contributed by atoms with Gasteiger partial charge >= 0.3 is 24.4 Å². The van der Waals surface area contributed by atoms with Crippen LogP contribution in [-0.2, 0) is 23.6 Å². The van der Waals surface area contributed by atoms with Gasteiger partial charge in [0.15, 0.2) is 5.69 Å². The highest BCUT2D eigenvalue weighted by Crippen LogP contribution is 2.38. The number of halogens is 6. The maximum atomic E-state index is 13.2. The second-order valence-electron chi connectivity index (χ2n) is 7.99. The number of nitrogens with zero attached hydrogens (tertiary/aromatic N) is 2. The summed E-state index contributed by atoms with van der Waals surface area (Å²) >= 11 is 1.10. The second-order valence-corrected chi connectivity index (χ2v) is 8.93. The second kappa shape index (κ2) is 10.8. The number of rotatable bonds is 6. The molecule has 1 aromatic carbocycles. The molecule has 13 heteroatoms. The molecule has 0 unspecified atom stereocenters. The van der Waals surface area contributed by atoms with Crippen LogP contribution in [-0.4, -0.2) is 34.5 Å². The van der Waals surface area contributed by atoms with Crippen LogP contribution in [0.2, 0.25) is 0 Å². The van der Waals surface area contributed by atoms with Crippen LogP contribution in [0.5, 0.6) is 0 Å². The highest BCUT2D eigenvalue weighted by molar-refractivity contribution is 7.09. The van der Waals surface area contributed by atoms with Crippen LogP contribution in [0.4, 0.5) is 36.8 Å². The highest BCUT2D eigenvalue weighted by Gasteiger charge is 2.37. The number of alkyl halides is 6. The standard InChI is InChI=1S/C22H23F6N3O3S/c1-2-34-19(32)17-12-35-18(30-17)11-31(16-6-4-3-5-7-16)20(33)29-15-9-13(21(23,24)25)8-14(10-15)22(26,27)28/h8-10,12,16H,2-7,11H2,1H3,(H,29,33). The van der Waals surface area contributed by atoms with Gasteiger partial charge in [-0.1, -0.05) is 19.3 Å². The van der Waals surface area contributed by atoms with Gasteiger partial charge in [-0.05, 0) is 38.0 Å². The zero-order valence-corrected chi connectivity index (χ0v) is 19.4. The van der Waals surface area contributed by atoms with Crippen molar-refractivity contribution >= 4 is 29.0 Å². The molecule has 1 N–H and O–H groups in total. The molecule has 1 saturated carbocycles. The molecule has 3 rings (SSSR count). The summed E-state index contributed by atoms with van der Waals surface area (Å²) in [5.74, 6) is -0.632. The third-order valence-corrected chi connectivity index (χ3v) is 6.29. The monoisotopic (exact) mass is 523 g/mol. The average molecular weight is 523 g/mol. The lowest BCUT2D eigenvalue weighted by Gasteiger charge is -2.34. The van der Waals surface area contributed by atoms with E-state index in [9.17, 15) is 35.9 Å². The maximum absolute atomic E-state index is 13.2. The number of benzene rings is 1. The molecule has 6 nitrogen and oxygen atoms in total. The van der Waals surface area contributed by atoms with E-state index in [4.69, 9.17) is 4.74 Å². The molecule has 1 aliphatic rings. The molecule has 192 valence electrons. The summed E-state index contributed by atoms with van der Waals surface area (Å²) in [7, 11) is 0. The number of nitrogens with one attached hydrogen (secondary N) is 1. The Kier molecular flexibility index (Phi) is 8.29. The fraction of sp³-hybridized carbons (Fsp3) is 0.500. The zero-order chi connectivity index (χ0) is 25.8. The van der Waals surface area contributed by atoms with Crippen LogP contribution in [0.3, 0.4) is 0 Å². The molecule has 0 aliphatic heterocycles. The number of ether oxygens (including phenoxy) is 1. The van der Waals surface area contributed by atoms with Crippen molar-refractivity contribution in [3.8, 4) is 0 Å². The van der Waals surface area contributed by atoms with Gasteiger partial charge in [0.2, 0.25) is 0 Å². The van der Waals surface area contributed by atoms with Crippen molar-refractivity contribution in [2.45, 2.75) is 64.0 Å². The third-order valence-electron chi connectivity index (χ3n) is 5.46. The number of thiazole rings is 1. The Morgan fingerprint density at radius 3 is 2.20 bits per heavy atom. The molecule has 0 bridgehead atoms. The number of hydrogen-bond acceptors (Lipinski definition) is 5. The van der Waals surface area contributed by atoms with Crippen LogP contribution in [0, 0.1) is 0 Å². The largest absolute Gasteiger partial charge is 0.461 e. The Labute approximate surface area is 201 Å². The summed E-state index contributed by atoms with van der Waals surface area (Å²) in [5, 5.41) is 4.05. The molecule has 0 saturated heterocycles. The quantitative estimate of drug-likeness (QED) is 0.337. The highest BCUT2D eigenvalue weighted by atomic mass is 32.1. The van der Waals surface area contributed by atoms with E-state index < -0.39 is 41.2 Å². The van der Waals surface area contributed by atoms with E-state index in [-0.39, 0.29) is 31.0 Å². The lowest BCUT2D eigenvalue weighted by molar-refractivity contribution is -0.143. The molecule has 35 heavy (non-hydrogen) atoms. The summed E-state index contributed by atoms with van der Waals surface area (Å²) in [6.45, 7) is 1.73. The van der Waals surface area contributed by atoms with E-state index in [1.807, 2.05) is 0 Å². The smallest absolute Gasteiger partial charge is 0.416 e. The summed E-state index contributed by atoms with van der Waals surface area (Å²) in [6.07, 6.45) is -6.22. The molecule has 1 aromatic heterocycles. The minimum Gasteiger partial charge on any atom is -0.461 e. The minimum absolute atomic E-state index is 0.00103. The van der Waals surface area contributed by atoms with Crippen LogP contribution in [0.15, 0.2) is 23.6 Å². The fourth-order valence-electron chi connectivity index (χ4n) is 3.81. The van der Waals surface area contributed by atoms with Crippen LogP contribution < -0.4 is 5.32 Å². The molecule has 2 aromatic rings. The van der Waals surface area contributed by atoms with Gasteiger partial charge in [0.1, 0.15) is 5.01 Å². The van der Waals surface area contributed by atoms with Crippen molar-refractivity contribution < 1.29 is 40.7 Å². The fourth-order valence-corrected chi connectivity index (χ4v) is 4.57. The van der Waals surface area contributed by atoms with Crippen molar-refractivity contribution in [1.29, 1.82) is 0 Å². The van der Waals surface area contributed by atoms with Gasteiger partial charge in [-0.2, -0.15) is 26.3 Å².